The highest BCUT2D eigenvalue weighted by molar-refractivity contribution is 6.07. The van der Waals surface area contributed by atoms with E-state index in [9.17, 15) is 4.79 Å². The van der Waals surface area contributed by atoms with Crippen LogP contribution in [-0.4, -0.2) is 39.3 Å². The molecule has 1 N–H and O–H groups in total. The summed E-state index contributed by atoms with van der Waals surface area (Å²) in [6.45, 7) is 2.30. The van der Waals surface area contributed by atoms with Gasteiger partial charge in [-0.3, -0.25) is 4.79 Å². The number of aryl methyl sites for hydroxylation is 1. The van der Waals surface area contributed by atoms with Gasteiger partial charge in [0.1, 0.15) is 6.73 Å². The van der Waals surface area contributed by atoms with Crippen LogP contribution in [0.2, 0.25) is 0 Å². The maximum Gasteiger partial charge on any atom is 0.252 e. The topological polar surface area (TPSA) is 81.9 Å². The van der Waals surface area contributed by atoms with Gasteiger partial charge in [-0.05, 0) is 40.6 Å². The van der Waals surface area contributed by atoms with Crippen molar-refractivity contribution in [3.8, 4) is 0 Å². The number of nitrogens with one attached hydrogen (secondary N) is 1. The Morgan fingerprint density at radius 1 is 1.24 bits per heavy atom. The zero-order valence-electron chi connectivity index (χ0n) is 14.3. The Labute approximate surface area is 146 Å². The number of amides is 1. The molecule has 0 saturated heterocycles. The fourth-order valence-electron chi connectivity index (χ4n) is 2.77. The third-order valence-corrected chi connectivity index (χ3v) is 4.07. The van der Waals surface area contributed by atoms with E-state index in [0.717, 1.165) is 23.0 Å². The zero-order chi connectivity index (χ0) is 17.6. The second-order valence-corrected chi connectivity index (χ2v) is 5.95. The lowest BCUT2D eigenvalue weighted by Crippen LogP contribution is -2.33. The maximum atomic E-state index is 12.6. The molecule has 3 rings (SSSR count). The lowest BCUT2D eigenvalue weighted by atomic mass is 10.0. The molecular weight excluding hydrogens is 318 g/mol. The summed E-state index contributed by atoms with van der Waals surface area (Å²) in [5.74, 6) is 0.675. The zero-order valence-corrected chi connectivity index (χ0v) is 14.3. The normalized spacial score (nSPS) is 12.2. The number of carbonyl (C=O) groups excluding carboxylic acids is 1. The molecule has 0 saturated carbocycles. The summed E-state index contributed by atoms with van der Waals surface area (Å²) in [6, 6.07) is 13.6. The van der Waals surface area contributed by atoms with E-state index in [-0.39, 0.29) is 11.9 Å². The van der Waals surface area contributed by atoms with Gasteiger partial charge in [0.25, 0.3) is 5.91 Å². The maximum absolute atomic E-state index is 12.6. The Hall–Kier alpha value is -2.80. The minimum atomic E-state index is -0.0687. The minimum absolute atomic E-state index is 0.000775. The van der Waals surface area contributed by atoms with Gasteiger partial charge in [0.05, 0.1) is 0 Å². The monoisotopic (exact) mass is 339 g/mol. The molecule has 0 aliphatic carbocycles. The van der Waals surface area contributed by atoms with Crippen molar-refractivity contribution in [2.75, 3.05) is 7.11 Å². The molecule has 0 aliphatic heterocycles. The van der Waals surface area contributed by atoms with Gasteiger partial charge < -0.3 is 10.1 Å². The lowest BCUT2D eigenvalue weighted by molar-refractivity contribution is 0.0939. The number of benzene rings is 2. The number of methoxy groups -OCH3 is 1. The molecule has 0 radical (unpaired) electrons. The first kappa shape index (κ1) is 17.0. The van der Waals surface area contributed by atoms with Gasteiger partial charge in [-0.2, -0.15) is 0 Å². The molecule has 25 heavy (non-hydrogen) atoms. The van der Waals surface area contributed by atoms with Crippen LogP contribution in [0.1, 0.15) is 29.5 Å². The number of nitrogens with zero attached hydrogens (tertiary/aromatic N) is 4. The fourth-order valence-corrected chi connectivity index (χ4v) is 2.77. The van der Waals surface area contributed by atoms with Crippen molar-refractivity contribution in [2.45, 2.75) is 32.5 Å². The molecule has 7 heteroatoms. The van der Waals surface area contributed by atoms with Crippen molar-refractivity contribution in [2.24, 2.45) is 0 Å². The van der Waals surface area contributed by atoms with Gasteiger partial charge in [-0.1, -0.05) is 36.4 Å². The van der Waals surface area contributed by atoms with Crippen LogP contribution in [0.15, 0.2) is 42.5 Å². The highest BCUT2D eigenvalue weighted by Gasteiger charge is 2.14. The van der Waals surface area contributed by atoms with E-state index in [1.165, 1.54) is 0 Å². The van der Waals surface area contributed by atoms with Gasteiger partial charge >= 0.3 is 0 Å². The molecule has 130 valence electrons. The molecule has 7 nitrogen and oxygen atoms in total. The van der Waals surface area contributed by atoms with Crippen molar-refractivity contribution < 1.29 is 9.53 Å². The smallest absolute Gasteiger partial charge is 0.252 e. The minimum Gasteiger partial charge on any atom is -0.362 e. The largest absolute Gasteiger partial charge is 0.362 e. The number of rotatable bonds is 7. The third kappa shape index (κ3) is 4.00. The van der Waals surface area contributed by atoms with Crippen molar-refractivity contribution in [1.82, 2.24) is 25.5 Å². The van der Waals surface area contributed by atoms with Crippen molar-refractivity contribution >= 4 is 16.7 Å². The highest BCUT2D eigenvalue weighted by Crippen LogP contribution is 2.18. The van der Waals surface area contributed by atoms with Crippen LogP contribution in [0.5, 0.6) is 0 Å². The molecule has 0 spiro atoms. The van der Waals surface area contributed by atoms with Crippen LogP contribution in [0, 0.1) is 0 Å². The predicted octanol–water partition coefficient (Wildman–Crippen LogP) is 2.18. The van der Waals surface area contributed by atoms with E-state index in [0.29, 0.717) is 18.7 Å². The van der Waals surface area contributed by atoms with Crippen LogP contribution in [-0.2, 0) is 17.9 Å². The number of tetrazole rings is 1. The molecule has 3 aromatic rings. The standard InChI is InChI=1S/C18H21N5O2/c1-13(10-11-17-20-21-22-23(17)12-25-2)19-18(24)16-9-5-7-14-6-3-4-8-15(14)16/h3-9,13H,10-12H2,1-2H3,(H,19,24). The number of hydrogen-bond acceptors (Lipinski definition) is 5. The summed E-state index contributed by atoms with van der Waals surface area (Å²) in [4.78, 5) is 12.6. The van der Waals surface area contributed by atoms with Crippen molar-refractivity contribution in [3.05, 3.63) is 53.9 Å². The number of hydrogen-bond donors (Lipinski definition) is 1. The van der Waals surface area contributed by atoms with Gasteiger partial charge in [-0.15, -0.1) is 5.10 Å². The Kier molecular flexibility index (Phi) is 5.35. The van der Waals surface area contributed by atoms with Gasteiger partial charge in [-0.25, -0.2) is 4.68 Å². The molecule has 1 aromatic heterocycles. The van der Waals surface area contributed by atoms with Crippen LogP contribution < -0.4 is 5.32 Å². The van der Waals surface area contributed by atoms with E-state index in [4.69, 9.17) is 4.74 Å². The van der Waals surface area contributed by atoms with Gasteiger partial charge in [0.15, 0.2) is 5.82 Å². The summed E-state index contributed by atoms with van der Waals surface area (Å²) in [7, 11) is 1.60. The number of ether oxygens (including phenoxy) is 1. The van der Waals surface area contributed by atoms with Crippen LogP contribution >= 0.6 is 0 Å². The average Bonchev–Trinajstić information content (AvgIpc) is 3.07. The SMILES string of the molecule is COCn1nnnc1CCC(C)NC(=O)c1cccc2ccccc12. The molecule has 1 unspecified atom stereocenters. The molecule has 1 atom stereocenters. The molecule has 0 bridgehead atoms. The molecular formula is C18H21N5O2. The molecule has 1 amide bonds. The van der Waals surface area contributed by atoms with E-state index >= 15 is 0 Å². The number of carbonyl (C=O) groups is 1. The van der Waals surface area contributed by atoms with Gasteiger partial charge in [0, 0.05) is 25.1 Å². The first-order chi connectivity index (χ1) is 12.2. The number of aromatic nitrogens is 4. The van der Waals surface area contributed by atoms with Gasteiger partial charge in [0.2, 0.25) is 0 Å². The van der Waals surface area contributed by atoms with Crippen molar-refractivity contribution in [1.29, 1.82) is 0 Å². The first-order valence-corrected chi connectivity index (χ1v) is 8.21. The fraction of sp³-hybridized carbons (Fsp3) is 0.333. The molecule has 0 aliphatic rings. The van der Waals surface area contributed by atoms with Crippen LogP contribution in [0.3, 0.4) is 0 Å². The van der Waals surface area contributed by atoms with E-state index in [1.807, 2.05) is 49.4 Å². The third-order valence-electron chi connectivity index (χ3n) is 4.07. The van der Waals surface area contributed by atoms with E-state index in [2.05, 4.69) is 20.8 Å². The lowest BCUT2D eigenvalue weighted by Gasteiger charge is -2.14. The second-order valence-electron chi connectivity index (χ2n) is 5.95. The molecule has 2 aromatic carbocycles. The summed E-state index contributed by atoms with van der Waals surface area (Å²) in [6.07, 6.45) is 1.40. The van der Waals surface area contributed by atoms with E-state index in [1.54, 1.807) is 11.8 Å². The second kappa shape index (κ2) is 7.85. The average molecular weight is 339 g/mol. The quantitative estimate of drug-likeness (QED) is 0.713. The van der Waals surface area contributed by atoms with E-state index < -0.39 is 0 Å². The first-order valence-electron chi connectivity index (χ1n) is 8.21. The van der Waals surface area contributed by atoms with Crippen molar-refractivity contribution in [3.63, 3.8) is 0 Å². The predicted molar refractivity (Wildman–Crippen MR) is 94.0 cm³/mol. The summed E-state index contributed by atoms with van der Waals surface area (Å²) in [5, 5.41) is 16.6. The summed E-state index contributed by atoms with van der Waals surface area (Å²) in [5.41, 5.74) is 0.689. The summed E-state index contributed by atoms with van der Waals surface area (Å²) < 4.78 is 6.66. The van der Waals surface area contributed by atoms with Crippen LogP contribution in [0.4, 0.5) is 0 Å². The number of fused-ring (bicyclic) bond motifs is 1. The summed E-state index contributed by atoms with van der Waals surface area (Å²) >= 11 is 0. The Morgan fingerprint density at radius 2 is 2.04 bits per heavy atom. The molecule has 0 fully saturated rings. The Bertz CT molecular complexity index is 856. The molecule has 1 heterocycles. The highest BCUT2D eigenvalue weighted by atomic mass is 16.5. The van der Waals surface area contributed by atoms with Crippen LogP contribution in [0.25, 0.3) is 10.8 Å². The Balaban J connectivity index is 1.63. The Morgan fingerprint density at radius 3 is 2.88 bits per heavy atom.